The number of nitrogens with zero attached hydrogens (tertiary/aromatic N) is 3. The van der Waals surface area contributed by atoms with Gasteiger partial charge >= 0.3 is 21.6 Å². The van der Waals surface area contributed by atoms with Crippen LogP contribution in [0.5, 0.6) is 0 Å². The molecule has 14 heteroatoms. The molecule has 1 aromatic rings. The zero-order valence-electron chi connectivity index (χ0n) is 19.5. The number of sulfonamides is 1. The first-order chi connectivity index (χ1) is 16.3. The molecule has 1 saturated heterocycles. The molecule has 4 rings (SSSR count). The van der Waals surface area contributed by atoms with Gasteiger partial charge in [-0.15, -0.1) is 0 Å². The van der Waals surface area contributed by atoms with Crippen LogP contribution in [0.2, 0.25) is 0 Å². The van der Waals surface area contributed by atoms with Gasteiger partial charge in [0.2, 0.25) is 0 Å². The monoisotopic (exact) mass is 524 g/mol. The third kappa shape index (κ3) is 4.59. The zero-order chi connectivity index (χ0) is 25.8. The van der Waals surface area contributed by atoms with Gasteiger partial charge in [-0.05, 0) is 44.4 Å². The van der Waals surface area contributed by atoms with Crippen molar-refractivity contribution in [3.8, 4) is 0 Å². The maximum atomic E-state index is 13.3. The maximum absolute atomic E-state index is 13.3. The van der Waals surface area contributed by atoms with E-state index in [0.717, 1.165) is 19.5 Å². The summed E-state index contributed by atoms with van der Waals surface area (Å²) in [5.74, 6) is 0.540. The summed E-state index contributed by atoms with van der Waals surface area (Å²) in [6.45, 7) is 3.52. The number of ether oxygens (including phenoxy) is 2. The Kier molecular flexibility index (Phi) is 6.77. The summed E-state index contributed by atoms with van der Waals surface area (Å²) in [5.41, 5.74) is -5.73. The first-order valence-electron chi connectivity index (χ1n) is 11.4. The molecular formula is C21H28F4N4O5S. The highest BCUT2D eigenvalue weighted by molar-refractivity contribution is 7.90. The van der Waals surface area contributed by atoms with Gasteiger partial charge in [0.15, 0.2) is 5.82 Å². The topological polar surface area (TPSA) is 111 Å². The third-order valence-electron chi connectivity index (χ3n) is 7.79. The largest absolute Gasteiger partial charge is 0.511 e. The van der Waals surface area contributed by atoms with Gasteiger partial charge in [-0.2, -0.15) is 13.2 Å². The fourth-order valence-corrected chi connectivity index (χ4v) is 6.73. The highest BCUT2D eigenvalue weighted by Crippen LogP contribution is 2.66. The number of methoxy groups -OCH3 is 1. The molecule has 2 heterocycles. The molecule has 1 aliphatic heterocycles. The van der Waals surface area contributed by atoms with Crippen molar-refractivity contribution in [2.24, 2.45) is 11.8 Å². The smallest absolute Gasteiger partial charge is 0.453 e. The number of hydrogen-bond acceptors (Lipinski definition) is 7. The minimum Gasteiger partial charge on any atom is -0.453 e. The van der Waals surface area contributed by atoms with Gasteiger partial charge in [0.25, 0.3) is 0 Å². The number of hydrogen-bond donors (Lipinski definition) is 1. The molecule has 0 bridgehead atoms. The van der Waals surface area contributed by atoms with Crippen molar-refractivity contribution >= 4 is 16.1 Å². The second-order valence-electron chi connectivity index (χ2n) is 9.59. The number of aromatic nitrogens is 2. The van der Waals surface area contributed by atoms with E-state index >= 15 is 0 Å². The number of halogens is 4. The highest BCUT2D eigenvalue weighted by Gasteiger charge is 2.66. The van der Waals surface area contributed by atoms with Crippen LogP contribution >= 0.6 is 0 Å². The van der Waals surface area contributed by atoms with E-state index in [2.05, 4.69) is 16.9 Å². The second-order valence-corrected chi connectivity index (χ2v) is 11.3. The molecule has 0 spiro atoms. The third-order valence-corrected chi connectivity index (χ3v) is 9.02. The number of carbonyl (C=O) groups excluding carboxylic acids is 1. The lowest BCUT2D eigenvalue weighted by atomic mass is 9.85. The molecule has 9 nitrogen and oxygen atoms in total. The van der Waals surface area contributed by atoms with E-state index in [0.29, 0.717) is 25.1 Å². The number of carbonyl (C=O) groups is 1. The Labute approximate surface area is 200 Å². The molecule has 0 radical (unpaired) electrons. The molecule has 3 fully saturated rings. The molecule has 35 heavy (non-hydrogen) atoms. The van der Waals surface area contributed by atoms with Crippen molar-refractivity contribution in [3.63, 3.8) is 0 Å². The molecule has 1 N–H and O–H groups in total. The van der Waals surface area contributed by atoms with Crippen molar-refractivity contribution in [3.05, 3.63) is 24.0 Å². The van der Waals surface area contributed by atoms with E-state index in [9.17, 15) is 30.8 Å². The van der Waals surface area contributed by atoms with Gasteiger partial charge in [0.05, 0.1) is 38.3 Å². The SMILES string of the molecule is COC(=O)N1[C@H](CO[C@H]2CC[C@]3(c4ncc(F)cn4)[C@H](C2)[C@@H]3C)[C@H](NS(=O)(=O)C(F)(F)F)C[C@@H]1C. The summed E-state index contributed by atoms with van der Waals surface area (Å²) >= 11 is 0. The van der Waals surface area contributed by atoms with Crippen molar-refractivity contribution in [2.45, 2.75) is 74.7 Å². The number of rotatable bonds is 6. The van der Waals surface area contributed by atoms with E-state index in [4.69, 9.17) is 9.47 Å². The molecule has 2 aliphatic carbocycles. The van der Waals surface area contributed by atoms with Crippen LogP contribution in [-0.4, -0.2) is 72.8 Å². The van der Waals surface area contributed by atoms with Gasteiger partial charge in [-0.25, -0.2) is 32.3 Å². The van der Waals surface area contributed by atoms with Gasteiger partial charge in [0, 0.05) is 17.5 Å². The Hall–Kier alpha value is -2.06. The van der Waals surface area contributed by atoms with Crippen molar-refractivity contribution in [2.75, 3.05) is 13.7 Å². The number of nitrogens with one attached hydrogen (secondary N) is 1. The van der Waals surface area contributed by atoms with Gasteiger partial charge < -0.3 is 9.47 Å². The quantitative estimate of drug-likeness (QED) is 0.570. The molecule has 0 aromatic carbocycles. The lowest BCUT2D eigenvalue weighted by molar-refractivity contribution is -0.0456. The predicted octanol–water partition coefficient (Wildman–Crippen LogP) is 2.73. The summed E-state index contributed by atoms with van der Waals surface area (Å²) in [6, 6.07) is -2.72. The van der Waals surface area contributed by atoms with Crippen LogP contribution in [0, 0.1) is 17.7 Å². The molecule has 1 amide bonds. The van der Waals surface area contributed by atoms with Crippen molar-refractivity contribution < 1.29 is 40.2 Å². The number of fused-ring (bicyclic) bond motifs is 1. The molecule has 3 aliphatic rings. The highest BCUT2D eigenvalue weighted by atomic mass is 32.2. The Bertz CT molecular complexity index is 1060. The van der Waals surface area contributed by atoms with Crippen LogP contribution in [0.3, 0.4) is 0 Å². The van der Waals surface area contributed by atoms with Gasteiger partial charge in [0.1, 0.15) is 5.82 Å². The Morgan fingerprint density at radius 3 is 2.49 bits per heavy atom. The van der Waals surface area contributed by atoms with E-state index in [1.165, 1.54) is 4.90 Å². The first-order valence-corrected chi connectivity index (χ1v) is 12.8. The van der Waals surface area contributed by atoms with Crippen LogP contribution in [0.1, 0.15) is 45.4 Å². The van der Waals surface area contributed by atoms with Crippen LogP contribution in [0.15, 0.2) is 12.4 Å². The molecular weight excluding hydrogens is 496 g/mol. The molecule has 2 saturated carbocycles. The fraction of sp³-hybridized carbons (Fsp3) is 0.762. The summed E-state index contributed by atoms with van der Waals surface area (Å²) in [7, 11) is -4.47. The summed E-state index contributed by atoms with van der Waals surface area (Å²) in [5, 5.41) is 0. The Morgan fingerprint density at radius 2 is 1.91 bits per heavy atom. The maximum Gasteiger partial charge on any atom is 0.511 e. The Balaban J connectivity index is 1.44. The van der Waals surface area contributed by atoms with E-state index in [1.54, 1.807) is 11.6 Å². The minimum atomic E-state index is -5.61. The lowest BCUT2D eigenvalue weighted by Crippen LogP contribution is -2.52. The summed E-state index contributed by atoms with van der Waals surface area (Å²) < 4.78 is 88.2. The number of likely N-dealkylation sites (tertiary alicyclic amines) is 1. The van der Waals surface area contributed by atoms with Gasteiger partial charge in [-0.3, -0.25) is 4.90 Å². The first kappa shape index (κ1) is 26.0. The second kappa shape index (κ2) is 9.11. The van der Waals surface area contributed by atoms with Crippen LogP contribution in [0.4, 0.5) is 22.4 Å². The summed E-state index contributed by atoms with van der Waals surface area (Å²) in [6.07, 6.45) is 3.21. The van der Waals surface area contributed by atoms with Crippen LogP contribution in [-0.2, 0) is 24.9 Å². The van der Waals surface area contributed by atoms with Crippen molar-refractivity contribution in [1.29, 1.82) is 0 Å². The molecule has 1 aromatic heterocycles. The standard InChI is InChI=1S/C21H28F4N4O5S/c1-11-6-16(28-35(31,32)21(23,24)25)17(29(11)19(30)33-3)10-34-14-4-5-20(12(2)15(20)7-14)18-26-8-13(22)9-27-18/h8-9,11-12,14-17,28H,4-7,10H2,1-3H3/t11-,12-,14-,15+,16+,17+,20+/m0/s1. The molecule has 0 unspecified atom stereocenters. The fourth-order valence-electron chi connectivity index (χ4n) is 5.94. The van der Waals surface area contributed by atoms with Gasteiger partial charge in [-0.1, -0.05) is 6.92 Å². The number of alkyl halides is 3. The molecule has 7 atom stereocenters. The van der Waals surface area contributed by atoms with Crippen LogP contribution < -0.4 is 4.72 Å². The predicted molar refractivity (Wildman–Crippen MR) is 114 cm³/mol. The zero-order valence-corrected chi connectivity index (χ0v) is 20.3. The minimum absolute atomic E-state index is 0.0201. The Morgan fingerprint density at radius 1 is 1.26 bits per heavy atom. The lowest BCUT2D eigenvalue weighted by Gasteiger charge is -2.32. The van der Waals surface area contributed by atoms with E-state index < -0.39 is 45.6 Å². The average molecular weight is 525 g/mol. The van der Waals surface area contributed by atoms with Crippen LogP contribution in [0.25, 0.3) is 0 Å². The number of amides is 1. The normalized spacial score (nSPS) is 35.0. The van der Waals surface area contributed by atoms with E-state index in [1.807, 2.05) is 0 Å². The van der Waals surface area contributed by atoms with Crippen molar-refractivity contribution in [1.82, 2.24) is 19.6 Å². The van der Waals surface area contributed by atoms with E-state index in [-0.39, 0.29) is 36.4 Å². The average Bonchev–Trinajstić information content (AvgIpc) is 3.25. The summed E-state index contributed by atoms with van der Waals surface area (Å²) in [4.78, 5) is 21.9. The molecule has 196 valence electrons.